The summed E-state index contributed by atoms with van der Waals surface area (Å²) in [5, 5.41) is 0. The molecule has 94 valence electrons. The van der Waals surface area contributed by atoms with Crippen LogP contribution in [0.15, 0.2) is 12.4 Å². The van der Waals surface area contributed by atoms with E-state index in [-0.39, 0.29) is 0 Å². The van der Waals surface area contributed by atoms with Crippen molar-refractivity contribution in [3.8, 4) is 0 Å². The molecule has 5 nitrogen and oxygen atoms in total. The van der Waals surface area contributed by atoms with Gasteiger partial charge in [-0.2, -0.15) is 0 Å². The highest BCUT2D eigenvalue weighted by molar-refractivity contribution is 5.57. The largest absolute Gasteiger partial charge is 0.381 e. The van der Waals surface area contributed by atoms with E-state index in [4.69, 9.17) is 5.73 Å². The molecular formula is C12H21N5. The number of nitrogens with two attached hydrogens (primary N) is 1. The Morgan fingerprint density at radius 3 is 2.59 bits per heavy atom. The molecule has 0 saturated carbocycles. The molecule has 0 radical (unpaired) electrons. The first-order valence-electron chi connectivity index (χ1n) is 6.24. The summed E-state index contributed by atoms with van der Waals surface area (Å²) in [5.74, 6) is 1.33. The molecule has 1 aliphatic rings. The first-order valence-corrected chi connectivity index (χ1v) is 6.24. The van der Waals surface area contributed by atoms with E-state index >= 15 is 0 Å². The van der Waals surface area contributed by atoms with Crippen LogP contribution in [0.3, 0.4) is 0 Å². The van der Waals surface area contributed by atoms with Crippen LogP contribution in [-0.4, -0.2) is 47.6 Å². The van der Waals surface area contributed by atoms with Gasteiger partial charge in [0.25, 0.3) is 0 Å². The highest BCUT2D eigenvalue weighted by Crippen LogP contribution is 2.23. The number of nitrogens with zero attached hydrogens (tertiary/aromatic N) is 4. The van der Waals surface area contributed by atoms with Crippen LogP contribution in [0, 0.1) is 0 Å². The third-order valence-corrected chi connectivity index (χ3v) is 3.59. The number of hydrogen-bond donors (Lipinski definition) is 1. The first kappa shape index (κ1) is 12.1. The van der Waals surface area contributed by atoms with Gasteiger partial charge in [-0.25, -0.2) is 9.97 Å². The van der Waals surface area contributed by atoms with Crippen LogP contribution in [0.4, 0.5) is 11.6 Å². The Hall–Kier alpha value is -1.36. The number of likely N-dealkylation sites (tertiary alicyclic amines) is 1. The molecular weight excluding hydrogens is 214 g/mol. The first-order chi connectivity index (χ1) is 8.22. The standard InChI is InChI=1S/C12H21N5/c1-3-17-8-4-10(5-9-17)16(2)12-11(13)14-6-7-15-12/h6-7,10H,3-5,8-9H2,1-2H3,(H2,13,14). The van der Waals surface area contributed by atoms with Gasteiger partial charge in [-0.3, -0.25) is 0 Å². The number of nitrogen functional groups attached to an aromatic ring is 1. The van der Waals surface area contributed by atoms with E-state index in [2.05, 4.69) is 33.7 Å². The fourth-order valence-corrected chi connectivity index (χ4v) is 2.41. The number of rotatable bonds is 3. The van der Waals surface area contributed by atoms with E-state index in [0.29, 0.717) is 11.9 Å². The maximum Gasteiger partial charge on any atom is 0.171 e. The molecule has 0 bridgehead atoms. The molecule has 0 aliphatic carbocycles. The predicted octanol–water partition coefficient (Wildman–Crippen LogP) is 0.979. The van der Waals surface area contributed by atoms with Gasteiger partial charge in [0.15, 0.2) is 11.6 Å². The lowest BCUT2D eigenvalue weighted by Crippen LogP contribution is -2.43. The number of hydrogen-bond acceptors (Lipinski definition) is 5. The molecule has 1 fully saturated rings. The minimum atomic E-state index is 0.521. The Kier molecular flexibility index (Phi) is 3.78. The normalized spacial score (nSPS) is 18.2. The van der Waals surface area contributed by atoms with Gasteiger partial charge in [0.1, 0.15) is 0 Å². The lowest BCUT2D eigenvalue weighted by Gasteiger charge is -2.36. The van der Waals surface area contributed by atoms with Crippen LogP contribution in [0.2, 0.25) is 0 Å². The molecule has 1 saturated heterocycles. The van der Waals surface area contributed by atoms with Crippen molar-refractivity contribution in [2.75, 3.05) is 37.3 Å². The van der Waals surface area contributed by atoms with Gasteiger partial charge >= 0.3 is 0 Å². The van der Waals surface area contributed by atoms with Gasteiger partial charge in [-0.15, -0.1) is 0 Å². The van der Waals surface area contributed by atoms with Gasteiger partial charge < -0.3 is 15.5 Å². The third kappa shape index (κ3) is 2.66. The van der Waals surface area contributed by atoms with Crippen molar-refractivity contribution in [3.05, 3.63) is 12.4 Å². The predicted molar refractivity (Wildman–Crippen MR) is 70.0 cm³/mol. The van der Waals surface area contributed by atoms with Crippen LogP contribution in [0.1, 0.15) is 19.8 Å². The maximum atomic E-state index is 5.86. The molecule has 0 amide bonds. The molecule has 1 aliphatic heterocycles. The highest BCUT2D eigenvalue weighted by Gasteiger charge is 2.23. The number of aromatic nitrogens is 2. The second-order valence-corrected chi connectivity index (χ2v) is 4.54. The summed E-state index contributed by atoms with van der Waals surface area (Å²) < 4.78 is 0. The summed E-state index contributed by atoms with van der Waals surface area (Å²) >= 11 is 0. The number of piperidine rings is 1. The summed E-state index contributed by atoms with van der Waals surface area (Å²) in [4.78, 5) is 13.1. The lowest BCUT2D eigenvalue weighted by molar-refractivity contribution is 0.220. The van der Waals surface area contributed by atoms with E-state index < -0.39 is 0 Å². The Bertz CT molecular complexity index is 360. The van der Waals surface area contributed by atoms with Crippen LogP contribution >= 0.6 is 0 Å². The van der Waals surface area contributed by atoms with Crippen molar-refractivity contribution in [1.29, 1.82) is 0 Å². The zero-order valence-electron chi connectivity index (χ0n) is 10.6. The lowest BCUT2D eigenvalue weighted by atomic mass is 10.0. The minimum absolute atomic E-state index is 0.521. The molecule has 0 unspecified atom stereocenters. The summed E-state index contributed by atoms with van der Waals surface area (Å²) in [6, 6.07) is 0.525. The molecule has 0 atom stereocenters. The average Bonchev–Trinajstić information content (AvgIpc) is 2.39. The van der Waals surface area contributed by atoms with Gasteiger partial charge in [-0.1, -0.05) is 6.92 Å². The molecule has 1 aromatic rings. The minimum Gasteiger partial charge on any atom is -0.381 e. The molecule has 17 heavy (non-hydrogen) atoms. The van der Waals surface area contributed by atoms with Gasteiger partial charge in [0.2, 0.25) is 0 Å². The Morgan fingerprint density at radius 2 is 2.00 bits per heavy atom. The molecule has 0 aromatic carbocycles. The smallest absolute Gasteiger partial charge is 0.171 e. The fraction of sp³-hybridized carbons (Fsp3) is 0.667. The van der Waals surface area contributed by atoms with E-state index in [1.807, 2.05) is 0 Å². The van der Waals surface area contributed by atoms with Crippen molar-refractivity contribution in [2.45, 2.75) is 25.8 Å². The summed E-state index contributed by atoms with van der Waals surface area (Å²) in [6.07, 6.45) is 5.66. The van der Waals surface area contributed by atoms with Crippen LogP contribution in [-0.2, 0) is 0 Å². The Morgan fingerprint density at radius 1 is 1.35 bits per heavy atom. The molecule has 2 heterocycles. The zero-order valence-corrected chi connectivity index (χ0v) is 10.6. The monoisotopic (exact) mass is 235 g/mol. The fourth-order valence-electron chi connectivity index (χ4n) is 2.41. The van der Waals surface area contributed by atoms with Crippen molar-refractivity contribution < 1.29 is 0 Å². The maximum absolute atomic E-state index is 5.86. The molecule has 5 heteroatoms. The Labute approximate surface area is 103 Å². The van der Waals surface area contributed by atoms with E-state index in [9.17, 15) is 0 Å². The van der Waals surface area contributed by atoms with Crippen LogP contribution in [0.5, 0.6) is 0 Å². The van der Waals surface area contributed by atoms with Crippen LogP contribution in [0.25, 0.3) is 0 Å². The average molecular weight is 235 g/mol. The summed E-state index contributed by atoms with van der Waals surface area (Å²) in [5.41, 5.74) is 5.86. The summed E-state index contributed by atoms with van der Waals surface area (Å²) in [6.45, 7) is 5.67. The number of anilines is 2. The van der Waals surface area contributed by atoms with Crippen molar-refractivity contribution in [1.82, 2.24) is 14.9 Å². The Balaban J connectivity index is 2.02. The van der Waals surface area contributed by atoms with Crippen molar-refractivity contribution >= 4 is 11.6 Å². The third-order valence-electron chi connectivity index (χ3n) is 3.59. The van der Waals surface area contributed by atoms with E-state index in [0.717, 1.165) is 25.5 Å². The highest BCUT2D eigenvalue weighted by atomic mass is 15.2. The molecule has 0 spiro atoms. The zero-order chi connectivity index (χ0) is 12.3. The second kappa shape index (κ2) is 5.31. The van der Waals surface area contributed by atoms with E-state index in [1.165, 1.54) is 12.8 Å². The summed E-state index contributed by atoms with van der Waals surface area (Å²) in [7, 11) is 2.06. The molecule has 2 rings (SSSR count). The second-order valence-electron chi connectivity index (χ2n) is 4.54. The molecule has 2 N–H and O–H groups in total. The van der Waals surface area contributed by atoms with Gasteiger partial charge in [0, 0.05) is 38.6 Å². The van der Waals surface area contributed by atoms with Crippen molar-refractivity contribution in [2.24, 2.45) is 0 Å². The van der Waals surface area contributed by atoms with Gasteiger partial charge in [0.05, 0.1) is 0 Å². The topological polar surface area (TPSA) is 58.3 Å². The van der Waals surface area contributed by atoms with Crippen molar-refractivity contribution in [3.63, 3.8) is 0 Å². The quantitative estimate of drug-likeness (QED) is 0.846. The van der Waals surface area contributed by atoms with Crippen LogP contribution < -0.4 is 10.6 Å². The van der Waals surface area contributed by atoms with Gasteiger partial charge in [-0.05, 0) is 19.4 Å². The molecule has 1 aromatic heterocycles. The van der Waals surface area contributed by atoms with E-state index in [1.54, 1.807) is 12.4 Å². The SMILES string of the molecule is CCN1CCC(N(C)c2nccnc2N)CC1.